The number of aliphatic imine (C=N–C) groups is 1. The minimum absolute atomic E-state index is 0.0164. The van der Waals surface area contributed by atoms with Gasteiger partial charge in [-0.15, -0.1) is 0 Å². The summed E-state index contributed by atoms with van der Waals surface area (Å²) in [6, 6.07) is 21.5. The quantitative estimate of drug-likeness (QED) is 0.454. The van der Waals surface area contributed by atoms with E-state index in [1.54, 1.807) is 0 Å². The van der Waals surface area contributed by atoms with Crippen LogP contribution >= 0.6 is 0 Å². The van der Waals surface area contributed by atoms with Gasteiger partial charge >= 0.3 is 0 Å². The van der Waals surface area contributed by atoms with Gasteiger partial charge in [0.2, 0.25) is 0 Å². The molecule has 3 aromatic rings. The number of rotatable bonds is 7. The summed E-state index contributed by atoms with van der Waals surface area (Å²) in [7, 11) is 1.94. The number of ether oxygens (including phenoxy) is 1. The second-order valence-corrected chi connectivity index (χ2v) is 8.15. The average molecular weight is 432 g/mol. The zero-order chi connectivity index (χ0) is 22.2. The van der Waals surface area contributed by atoms with Crippen molar-refractivity contribution >= 4 is 5.96 Å². The molecule has 0 bridgehead atoms. The smallest absolute Gasteiger partial charge is 0.194 e. The SMILES string of the molecule is CCNC(=NCCC(c1ccccc1)c1ccccc1)N1CCOC(c2cnn(C)c2)C1. The highest BCUT2D eigenvalue weighted by atomic mass is 16.5. The monoisotopic (exact) mass is 431 g/mol. The third kappa shape index (κ3) is 5.56. The lowest BCUT2D eigenvalue weighted by atomic mass is 9.89. The van der Waals surface area contributed by atoms with E-state index < -0.39 is 0 Å². The molecule has 1 unspecified atom stereocenters. The van der Waals surface area contributed by atoms with Gasteiger partial charge in [0.15, 0.2) is 5.96 Å². The van der Waals surface area contributed by atoms with E-state index in [0.717, 1.165) is 44.1 Å². The average Bonchev–Trinajstić information content (AvgIpc) is 3.29. The van der Waals surface area contributed by atoms with Crippen LogP contribution in [-0.4, -0.2) is 53.4 Å². The van der Waals surface area contributed by atoms with Crippen molar-refractivity contribution in [3.63, 3.8) is 0 Å². The molecular formula is C26H33N5O. The fourth-order valence-electron chi connectivity index (χ4n) is 4.27. The van der Waals surface area contributed by atoms with Gasteiger partial charge < -0.3 is 15.0 Å². The van der Waals surface area contributed by atoms with Crippen LogP contribution < -0.4 is 5.32 Å². The summed E-state index contributed by atoms with van der Waals surface area (Å²) in [4.78, 5) is 7.33. The maximum Gasteiger partial charge on any atom is 0.194 e. The van der Waals surface area contributed by atoms with Crippen LogP contribution in [0, 0.1) is 0 Å². The van der Waals surface area contributed by atoms with Crippen molar-refractivity contribution < 1.29 is 4.74 Å². The predicted molar refractivity (Wildman–Crippen MR) is 129 cm³/mol. The van der Waals surface area contributed by atoms with Crippen molar-refractivity contribution in [2.24, 2.45) is 12.0 Å². The van der Waals surface area contributed by atoms with E-state index in [9.17, 15) is 0 Å². The normalized spacial score (nSPS) is 17.0. The first-order valence-corrected chi connectivity index (χ1v) is 11.5. The molecular weight excluding hydrogens is 398 g/mol. The van der Waals surface area contributed by atoms with Crippen molar-refractivity contribution in [2.75, 3.05) is 32.8 Å². The molecule has 6 nitrogen and oxygen atoms in total. The fraction of sp³-hybridized carbons (Fsp3) is 0.385. The zero-order valence-corrected chi connectivity index (χ0v) is 19.0. The number of nitrogens with one attached hydrogen (secondary N) is 1. The maximum absolute atomic E-state index is 6.02. The molecule has 0 aliphatic carbocycles. The first-order chi connectivity index (χ1) is 15.7. The second kappa shape index (κ2) is 11.0. The van der Waals surface area contributed by atoms with Crippen molar-refractivity contribution in [3.05, 3.63) is 89.7 Å². The molecule has 2 aromatic carbocycles. The number of morpholine rings is 1. The van der Waals surface area contributed by atoms with E-state index in [0.29, 0.717) is 12.5 Å². The molecule has 0 spiro atoms. The van der Waals surface area contributed by atoms with Gasteiger partial charge in [0, 0.05) is 44.4 Å². The van der Waals surface area contributed by atoms with Crippen LogP contribution in [0.5, 0.6) is 0 Å². The van der Waals surface area contributed by atoms with Crippen LogP contribution in [0.3, 0.4) is 0 Å². The molecule has 168 valence electrons. The van der Waals surface area contributed by atoms with E-state index in [1.807, 2.05) is 24.1 Å². The van der Waals surface area contributed by atoms with Crippen LogP contribution in [0.1, 0.15) is 42.1 Å². The summed E-state index contributed by atoms with van der Waals surface area (Å²) in [5.41, 5.74) is 3.78. The van der Waals surface area contributed by atoms with Gasteiger partial charge in [-0.25, -0.2) is 0 Å². The molecule has 4 rings (SSSR count). The Balaban J connectivity index is 1.47. The molecule has 1 saturated heterocycles. The predicted octanol–water partition coefficient (Wildman–Crippen LogP) is 3.98. The first-order valence-electron chi connectivity index (χ1n) is 11.5. The lowest BCUT2D eigenvalue weighted by molar-refractivity contribution is -0.00804. The van der Waals surface area contributed by atoms with Crippen molar-refractivity contribution in [2.45, 2.75) is 25.4 Å². The Bertz CT molecular complexity index is 946. The Morgan fingerprint density at radius 3 is 2.41 bits per heavy atom. The second-order valence-electron chi connectivity index (χ2n) is 8.15. The molecule has 1 fully saturated rings. The van der Waals surface area contributed by atoms with Crippen molar-refractivity contribution in [1.29, 1.82) is 0 Å². The number of hydrogen-bond donors (Lipinski definition) is 1. The van der Waals surface area contributed by atoms with Gasteiger partial charge in [-0.1, -0.05) is 60.7 Å². The molecule has 32 heavy (non-hydrogen) atoms. The number of hydrogen-bond acceptors (Lipinski definition) is 3. The van der Waals surface area contributed by atoms with Crippen LogP contribution in [0.2, 0.25) is 0 Å². The molecule has 0 amide bonds. The Morgan fingerprint density at radius 2 is 1.81 bits per heavy atom. The fourth-order valence-corrected chi connectivity index (χ4v) is 4.27. The minimum atomic E-state index is 0.0164. The third-order valence-electron chi connectivity index (χ3n) is 5.88. The van der Waals surface area contributed by atoms with E-state index in [-0.39, 0.29) is 6.10 Å². The number of benzene rings is 2. The molecule has 2 heterocycles. The van der Waals surface area contributed by atoms with E-state index in [4.69, 9.17) is 9.73 Å². The Morgan fingerprint density at radius 1 is 1.12 bits per heavy atom. The molecule has 1 N–H and O–H groups in total. The zero-order valence-electron chi connectivity index (χ0n) is 19.0. The van der Waals surface area contributed by atoms with Gasteiger partial charge in [0.25, 0.3) is 0 Å². The van der Waals surface area contributed by atoms with Crippen LogP contribution in [0.15, 0.2) is 78.0 Å². The number of aryl methyl sites for hydroxylation is 1. The van der Waals surface area contributed by atoms with E-state index >= 15 is 0 Å². The minimum Gasteiger partial charge on any atom is -0.370 e. The Kier molecular flexibility index (Phi) is 7.56. The first kappa shape index (κ1) is 22.1. The van der Waals surface area contributed by atoms with Crippen molar-refractivity contribution in [3.8, 4) is 0 Å². The van der Waals surface area contributed by atoms with Gasteiger partial charge in [-0.05, 0) is 24.5 Å². The maximum atomic E-state index is 6.02. The number of guanidine groups is 1. The summed E-state index contributed by atoms with van der Waals surface area (Å²) >= 11 is 0. The molecule has 1 aliphatic rings. The van der Waals surface area contributed by atoms with Crippen LogP contribution in [0.25, 0.3) is 0 Å². The molecule has 6 heteroatoms. The van der Waals surface area contributed by atoms with Gasteiger partial charge in [0.05, 0.1) is 19.3 Å². The van der Waals surface area contributed by atoms with Gasteiger partial charge in [-0.3, -0.25) is 9.67 Å². The highest BCUT2D eigenvalue weighted by molar-refractivity contribution is 5.80. The Hall–Kier alpha value is -3.12. The molecule has 1 atom stereocenters. The number of aromatic nitrogens is 2. The highest BCUT2D eigenvalue weighted by Crippen LogP contribution is 2.28. The van der Waals surface area contributed by atoms with Gasteiger partial charge in [-0.2, -0.15) is 5.10 Å². The van der Waals surface area contributed by atoms with Crippen LogP contribution in [0.4, 0.5) is 0 Å². The van der Waals surface area contributed by atoms with E-state index in [1.165, 1.54) is 11.1 Å². The lowest BCUT2D eigenvalue weighted by Crippen LogP contribution is -2.48. The molecule has 1 aromatic heterocycles. The summed E-state index contributed by atoms with van der Waals surface area (Å²) in [6.45, 7) is 6.01. The van der Waals surface area contributed by atoms with Gasteiger partial charge in [0.1, 0.15) is 6.10 Å². The topological polar surface area (TPSA) is 54.7 Å². The summed E-state index contributed by atoms with van der Waals surface area (Å²) in [5.74, 6) is 1.29. The Labute approximate surface area is 190 Å². The molecule has 0 saturated carbocycles. The van der Waals surface area contributed by atoms with Crippen LogP contribution in [-0.2, 0) is 11.8 Å². The standard InChI is InChI=1S/C26H33N5O/c1-3-27-26(31-16-17-32-25(20-31)23-18-29-30(2)19-23)28-15-14-24(21-10-6-4-7-11-21)22-12-8-5-9-13-22/h4-13,18-19,24-25H,3,14-17,20H2,1-2H3,(H,27,28). The largest absolute Gasteiger partial charge is 0.370 e. The van der Waals surface area contributed by atoms with Crippen molar-refractivity contribution in [1.82, 2.24) is 20.0 Å². The summed E-state index contributed by atoms with van der Waals surface area (Å²) in [5, 5.41) is 7.78. The lowest BCUT2D eigenvalue weighted by Gasteiger charge is -2.35. The van der Waals surface area contributed by atoms with E-state index in [2.05, 4.69) is 82.9 Å². The highest BCUT2D eigenvalue weighted by Gasteiger charge is 2.25. The summed E-state index contributed by atoms with van der Waals surface area (Å²) < 4.78 is 7.84. The molecule has 1 aliphatic heterocycles. The molecule has 0 radical (unpaired) electrons. The number of nitrogens with zero attached hydrogens (tertiary/aromatic N) is 4. The third-order valence-corrected chi connectivity index (χ3v) is 5.88. The summed E-state index contributed by atoms with van der Waals surface area (Å²) in [6.07, 6.45) is 4.90.